The van der Waals surface area contributed by atoms with E-state index in [1.807, 2.05) is 25.3 Å². The molecule has 0 saturated heterocycles. The summed E-state index contributed by atoms with van der Waals surface area (Å²) in [7, 11) is 0. The van der Waals surface area contributed by atoms with Crippen LogP contribution in [0.4, 0.5) is 8.78 Å². The lowest BCUT2D eigenvalue weighted by Gasteiger charge is -2.37. The van der Waals surface area contributed by atoms with Gasteiger partial charge in [0.05, 0.1) is 11.6 Å². The monoisotopic (exact) mass is 512 g/mol. The van der Waals surface area contributed by atoms with Gasteiger partial charge in [-0.1, -0.05) is 32.4 Å². The summed E-state index contributed by atoms with van der Waals surface area (Å²) in [6, 6.07) is 13.3. The molecule has 2 aromatic carbocycles. The third-order valence-corrected chi connectivity index (χ3v) is 7.58. The van der Waals surface area contributed by atoms with E-state index in [2.05, 4.69) is 0 Å². The summed E-state index contributed by atoms with van der Waals surface area (Å²) in [5.41, 5.74) is 0.985. The number of thiophene rings is 1. The average Bonchev–Trinajstić information content (AvgIpc) is 3.36. The number of benzene rings is 2. The zero-order chi connectivity index (χ0) is 25.7. The maximum absolute atomic E-state index is 14.4. The van der Waals surface area contributed by atoms with E-state index in [9.17, 15) is 18.4 Å². The summed E-state index contributed by atoms with van der Waals surface area (Å²) in [6.07, 6.45) is 1.55. The maximum atomic E-state index is 14.4. The van der Waals surface area contributed by atoms with Gasteiger partial charge in [-0.3, -0.25) is 9.59 Å². The summed E-state index contributed by atoms with van der Waals surface area (Å²) < 4.78 is 33.6. The number of halogens is 2. The minimum absolute atomic E-state index is 0.0384. The Labute approximate surface area is 214 Å². The van der Waals surface area contributed by atoms with Crippen LogP contribution in [0.3, 0.4) is 0 Å². The highest BCUT2D eigenvalue weighted by Crippen LogP contribution is 2.34. The number of hydrogen-bond donors (Lipinski definition) is 0. The highest BCUT2D eigenvalue weighted by molar-refractivity contribution is 7.10. The van der Waals surface area contributed by atoms with Crippen LogP contribution in [0.5, 0.6) is 5.75 Å². The zero-order valence-corrected chi connectivity index (χ0v) is 21.3. The normalized spacial score (nSPS) is 15.8. The Bertz CT molecular complexity index is 1200. The minimum atomic E-state index is -0.601. The van der Waals surface area contributed by atoms with Gasteiger partial charge in [0.15, 0.2) is 0 Å². The summed E-state index contributed by atoms with van der Waals surface area (Å²) in [4.78, 5) is 31.3. The molecule has 3 aromatic rings. The number of nitrogens with zero attached hydrogens (tertiary/aromatic N) is 2. The Balaban J connectivity index is 1.55. The Morgan fingerprint density at radius 3 is 2.61 bits per heavy atom. The summed E-state index contributed by atoms with van der Waals surface area (Å²) in [5.74, 6) is -0.995. The SMILES string of the molecule is CC[C@H](C)CN(CC(=O)N1CCc2sccc2[C@H]1COc1ccc(F)cc1)C(=O)c1ccccc1F. The molecular formula is C28H30F2N2O3S. The quantitative estimate of drug-likeness (QED) is 0.369. The van der Waals surface area contributed by atoms with Gasteiger partial charge in [0, 0.05) is 18.0 Å². The van der Waals surface area contributed by atoms with Crippen LogP contribution in [0.1, 0.15) is 47.1 Å². The molecule has 2 atom stereocenters. The summed E-state index contributed by atoms with van der Waals surface area (Å²) in [6.45, 7) is 4.92. The molecule has 8 heteroatoms. The lowest BCUT2D eigenvalue weighted by atomic mass is 10.00. The van der Waals surface area contributed by atoms with Crippen molar-refractivity contribution in [2.45, 2.75) is 32.7 Å². The van der Waals surface area contributed by atoms with Crippen molar-refractivity contribution in [2.75, 3.05) is 26.2 Å². The molecule has 0 N–H and O–H groups in total. The molecule has 190 valence electrons. The first-order chi connectivity index (χ1) is 17.4. The fourth-order valence-corrected chi connectivity index (χ4v) is 5.29. The topological polar surface area (TPSA) is 49.9 Å². The van der Waals surface area contributed by atoms with Gasteiger partial charge in [-0.2, -0.15) is 0 Å². The molecule has 0 bridgehead atoms. The standard InChI is InChI=1S/C28H30F2N2O3S/c1-3-19(2)16-31(28(34)22-6-4-5-7-24(22)30)17-27(33)32-14-12-26-23(13-15-36-26)25(32)18-35-21-10-8-20(29)9-11-21/h4-11,13,15,19,25H,3,12,14,16-18H2,1-2H3/t19-,25+/m0/s1. The molecule has 1 aliphatic rings. The smallest absolute Gasteiger partial charge is 0.257 e. The second kappa shape index (κ2) is 11.6. The number of carbonyl (C=O) groups excluding carboxylic acids is 2. The third kappa shape index (κ3) is 5.93. The van der Waals surface area contributed by atoms with Gasteiger partial charge >= 0.3 is 0 Å². The molecule has 2 heterocycles. The van der Waals surface area contributed by atoms with E-state index in [1.165, 1.54) is 40.1 Å². The van der Waals surface area contributed by atoms with E-state index in [1.54, 1.807) is 34.4 Å². The predicted octanol–water partition coefficient (Wildman–Crippen LogP) is 5.72. The fraction of sp³-hybridized carbons (Fsp3) is 0.357. The van der Waals surface area contributed by atoms with Gasteiger partial charge in [0.25, 0.3) is 5.91 Å². The molecule has 0 radical (unpaired) electrons. The van der Waals surface area contributed by atoms with E-state index >= 15 is 0 Å². The van der Waals surface area contributed by atoms with Gasteiger partial charge in [-0.25, -0.2) is 8.78 Å². The van der Waals surface area contributed by atoms with Crippen LogP contribution in [-0.2, 0) is 11.2 Å². The van der Waals surface area contributed by atoms with Crippen LogP contribution in [0.25, 0.3) is 0 Å². The van der Waals surface area contributed by atoms with Crippen LogP contribution in [-0.4, -0.2) is 47.9 Å². The predicted molar refractivity (Wildman–Crippen MR) is 136 cm³/mol. The molecule has 5 nitrogen and oxygen atoms in total. The van der Waals surface area contributed by atoms with E-state index < -0.39 is 11.7 Å². The molecule has 1 aromatic heterocycles. The Morgan fingerprint density at radius 2 is 1.89 bits per heavy atom. The first-order valence-electron chi connectivity index (χ1n) is 12.1. The van der Waals surface area contributed by atoms with E-state index in [4.69, 9.17) is 4.74 Å². The van der Waals surface area contributed by atoms with Crippen molar-refractivity contribution in [1.29, 1.82) is 0 Å². The first kappa shape index (κ1) is 25.8. The van der Waals surface area contributed by atoms with Crippen LogP contribution in [0, 0.1) is 17.6 Å². The summed E-state index contributed by atoms with van der Waals surface area (Å²) >= 11 is 1.65. The van der Waals surface area contributed by atoms with E-state index in [0.29, 0.717) is 18.8 Å². The zero-order valence-electron chi connectivity index (χ0n) is 20.5. The van der Waals surface area contributed by atoms with Crippen molar-refractivity contribution in [2.24, 2.45) is 5.92 Å². The van der Waals surface area contributed by atoms with Crippen molar-refractivity contribution in [1.82, 2.24) is 9.80 Å². The van der Waals surface area contributed by atoms with Crippen LogP contribution in [0.2, 0.25) is 0 Å². The highest BCUT2D eigenvalue weighted by atomic mass is 32.1. The minimum Gasteiger partial charge on any atom is -0.491 e. The Kier molecular flexibility index (Phi) is 8.36. The molecule has 2 amide bonds. The third-order valence-electron chi connectivity index (χ3n) is 6.58. The fourth-order valence-electron chi connectivity index (χ4n) is 4.36. The van der Waals surface area contributed by atoms with Crippen molar-refractivity contribution >= 4 is 23.2 Å². The van der Waals surface area contributed by atoms with Gasteiger partial charge in [-0.15, -0.1) is 11.3 Å². The molecule has 36 heavy (non-hydrogen) atoms. The molecule has 0 fully saturated rings. The first-order valence-corrected chi connectivity index (χ1v) is 13.0. The lowest BCUT2D eigenvalue weighted by molar-refractivity contribution is -0.135. The average molecular weight is 513 g/mol. The van der Waals surface area contributed by atoms with Crippen LogP contribution in [0.15, 0.2) is 60.0 Å². The molecule has 4 rings (SSSR count). The lowest BCUT2D eigenvalue weighted by Crippen LogP contribution is -2.48. The van der Waals surface area contributed by atoms with Gasteiger partial charge in [0.2, 0.25) is 5.91 Å². The number of fused-ring (bicyclic) bond motifs is 1. The maximum Gasteiger partial charge on any atom is 0.257 e. The summed E-state index contributed by atoms with van der Waals surface area (Å²) in [5, 5.41) is 2.00. The largest absolute Gasteiger partial charge is 0.491 e. The number of amides is 2. The highest BCUT2D eigenvalue weighted by Gasteiger charge is 2.34. The van der Waals surface area contributed by atoms with Crippen molar-refractivity contribution in [3.63, 3.8) is 0 Å². The Hall–Kier alpha value is -3.26. The second-order valence-electron chi connectivity index (χ2n) is 9.10. The second-order valence-corrected chi connectivity index (χ2v) is 10.1. The Morgan fingerprint density at radius 1 is 1.14 bits per heavy atom. The van der Waals surface area contributed by atoms with Crippen molar-refractivity contribution < 1.29 is 23.1 Å². The van der Waals surface area contributed by atoms with Crippen molar-refractivity contribution in [3.05, 3.63) is 87.6 Å². The number of ether oxygens (including phenoxy) is 1. The van der Waals surface area contributed by atoms with Crippen molar-refractivity contribution in [3.8, 4) is 5.75 Å². The van der Waals surface area contributed by atoms with Gasteiger partial charge < -0.3 is 14.5 Å². The van der Waals surface area contributed by atoms with E-state index in [-0.39, 0.29) is 42.4 Å². The van der Waals surface area contributed by atoms with Gasteiger partial charge in [-0.05, 0) is 65.7 Å². The number of carbonyl (C=O) groups is 2. The molecule has 0 saturated carbocycles. The molecule has 0 spiro atoms. The number of hydrogen-bond acceptors (Lipinski definition) is 4. The van der Waals surface area contributed by atoms with E-state index in [0.717, 1.165) is 18.4 Å². The van der Waals surface area contributed by atoms with Crippen LogP contribution < -0.4 is 4.74 Å². The van der Waals surface area contributed by atoms with Gasteiger partial charge in [0.1, 0.15) is 30.5 Å². The number of rotatable bonds is 9. The molecular weight excluding hydrogens is 482 g/mol. The molecule has 1 aliphatic heterocycles. The molecule has 0 unspecified atom stereocenters. The molecule has 0 aliphatic carbocycles. The van der Waals surface area contributed by atoms with Crippen LogP contribution >= 0.6 is 11.3 Å².